The predicted molar refractivity (Wildman–Crippen MR) is 78.9 cm³/mol. The highest BCUT2D eigenvalue weighted by atomic mass is 16.1. The van der Waals surface area contributed by atoms with E-state index in [0.29, 0.717) is 12.3 Å². The Hall–Kier alpha value is -1.31. The topological polar surface area (TPSA) is 29.1 Å². The van der Waals surface area contributed by atoms with Gasteiger partial charge in [0.2, 0.25) is 5.91 Å². The van der Waals surface area contributed by atoms with E-state index in [1.165, 1.54) is 24.0 Å². The molecule has 104 valence electrons. The second-order valence-electron chi connectivity index (χ2n) is 5.75. The summed E-state index contributed by atoms with van der Waals surface area (Å²) in [5.74, 6) is 0.865. The summed E-state index contributed by atoms with van der Waals surface area (Å²) in [6, 6.07) is 8.81. The zero-order valence-electron chi connectivity index (χ0n) is 12.1. The Labute approximate surface area is 116 Å². The first-order valence-corrected chi connectivity index (χ1v) is 7.56. The molecular weight excluding hydrogens is 234 g/mol. The van der Waals surface area contributed by atoms with Crippen LogP contribution in [0.3, 0.4) is 0 Å². The van der Waals surface area contributed by atoms with Gasteiger partial charge in [-0.25, -0.2) is 0 Å². The molecule has 1 fully saturated rings. The van der Waals surface area contributed by atoms with Gasteiger partial charge in [-0.3, -0.25) is 4.79 Å². The summed E-state index contributed by atoms with van der Waals surface area (Å²) in [5, 5.41) is 3.23. The van der Waals surface area contributed by atoms with Gasteiger partial charge in [0.25, 0.3) is 0 Å². The average Bonchev–Trinajstić information content (AvgIpc) is 3.22. The SMILES string of the molecule is CCCCCC(=O)NC(c1ccc(C)cc1)C1CC1. The fraction of sp³-hybridized carbons (Fsp3) is 0.588. The third-order valence-electron chi connectivity index (χ3n) is 3.85. The van der Waals surface area contributed by atoms with Crippen LogP contribution in [0.5, 0.6) is 0 Å². The molecule has 0 spiro atoms. The fourth-order valence-electron chi connectivity index (χ4n) is 2.46. The van der Waals surface area contributed by atoms with Gasteiger partial charge in [-0.05, 0) is 37.7 Å². The molecule has 0 heterocycles. The second-order valence-corrected chi connectivity index (χ2v) is 5.75. The van der Waals surface area contributed by atoms with Crippen molar-refractivity contribution in [3.05, 3.63) is 35.4 Å². The molecule has 1 aliphatic carbocycles. The van der Waals surface area contributed by atoms with Gasteiger partial charge in [0.05, 0.1) is 6.04 Å². The van der Waals surface area contributed by atoms with Gasteiger partial charge < -0.3 is 5.32 Å². The van der Waals surface area contributed by atoms with Crippen molar-refractivity contribution < 1.29 is 4.79 Å². The Bertz CT molecular complexity index is 406. The lowest BCUT2D eigenvalue weighted by Gasteiger charge is -2.19. The molecule has 1 unspecified atom stereocenters. The van der Waals surface area contributed by atoms with Crippen molar-refractivity contribution in [2.45, 2.75) is 58.4 Å². The van der Waals surface area contributed by atoms with E-state index in [1.54, 1.807) is 0 Å². The first-order valence-electron chi connectivity index (χ1n) is 7.56. The van der Waals surface area contributed by atoms with E-state index in [9.17, 15) is 4.79 Å². The zero-order valence-corrected chi connectivity index (χ0v) is 12.1. The van der Waals surface area contributed by atoms with Gasteiger partial charge in [-0.15, -0.1) is 0 Å². The third-order valence-corrected chi connectivity index (χ3v) is 3.85. The number of aryl methyl sites for hydroxylation is 1. The minimum absolute atomic E-state index is 0.214. The molecule has 2 heteroatoms. The third kappa shape index (κ3) is 4.38. The molecule has 0 bridgehead atoms. The van der Waals surface area contributed by atoms with Gasteiger partial charge in [-0.1, -0.05) is 49.6 Å². The van der Waals surface area contributed by atoms with Gasteiger partial charge in [0, 0.05) is 6.42 Å². The summed E-state index contributed by atoms with van der Waals surface area (Å²) >= 11 is 0. The van der Waals surface area contributed by atoms with Crippen molar-refractivity contribution in [3.63, 3.8) is 0 Å². The highest BCUT2D eigenvalue weighted by Gasteiger charge is 2.33. The standard InChI is InChI=1S/C17H25NO/c1-3-4-5-6-16(19)18-17(15-11-12-15)14-9-7-13(2)8-10-14/h7-10,15,17H,3-6,11-12H2,1-2H3,(H,18,19). The number of hydrogen-bond acceptors (Lipinski definition) is 1. The summed E-state index contributed by atoms with van der Waals surface area (Å²) in [5.41, 5.74) is 2.53. The summed E-state index contributed by atoms with van der Waals surface area (Å²) < 4.78 is 0. The van der Waals surface area contributed by atoms with Gasteiger partial charge in [-0.2, -0.15) is 0 Å². The first-order chi connectivity index (χ1) is 9.20. The number of nitrogens with one attached hydrogen (secondary N) is 1. The maximum absolute atomic E-state index is 12.0. The van der Waals surface area contributed by atoms with Crippen LogP contribution in [0.2, 0.25) is 0 Å². The lowest BCUT2D eigenvalue weighted by atomic mass is 10.0. The highest BCUT2D eigenvalue weighted by molar-refractivity contribution is 5.76. The molecule has 1 saturated carbocycles. The maximum atomic E-state index is 12.0. The minimum Gasteiger partial charge on any atom is -0.349 e. The van der Waals surface area contributed by atoms with Crippen molar-refractivity contribution in [2.75, 3.05) is 0 Å². The largest absolute Gasteiger partial charge is 0.349 e. The van der Waals surface area contributed by atoms with Crippen LogP contribution in [0, 0.1) is 12.8 Å². The number of unbranched alkanes of at least 4 members (excludes halogenated alkanes) is 2. The number of hydrogen-bond donors (Lipinski definition) is 1. The highest BCUT2D eigenvalue weighted by Crippen LogP contribution is 2.41. The normalized spacial score (nSPS) is 16.1. The van der Waals surface area contributed by atoms with Crippen LogP contribution in [0.1, 0.15) is 62.6 Å². The molecule has 19 heavy (non-hydrogen) atoms. The molecule has 2 rings (SSSR count). The molecule has 1 aromatic carbocycles. The Morgan fingerprint density at radius 1 is 1.26 bits per heavy atom. The van der Waals surface area contributed by atoms with Gasteiger partial charge in [0.15, 0.2) is 0 Å². The van der Waals surface area contributed by atoms with Crippen molar-refractivity contribution in [1.82, 2.24) is 5.32 Å². The van der Waals surface area contributed by atoms with E-state index >= 15 is 0 Å². The van der Waals surface area contributed by atoms with Crippen LogP contribution >= 0.6 is 0 Å². The monoisotopic (exact) mass is 259 g/mol. The van der Waals surface area contributed by atoms with Crippen LogP contribution in [0.15, 0.2) is 24.3 Å². The van der Waals surface area contributed by atoms with Crippen molar-refractivity contribution in [2.24, 2.45) is 5.92 Å². The zero-order chi connectivity index (χ0) is 13.7. The second kappa shape index (κ2) is 6.74. The molecule has 2 nitrogen and oxygen atoms in total. The summed E-state index contributed by atoms with van der Waals surface area (Å²) in [6.45, 7) is 4.26. The molecular formula is C17H25NO. The van der Waals surface area contributed by atoms with E-state index in [2.05, 4.69) is 43.4 Å². The predicted octanol–water partition coefficient (Wildman–Crippen LogP) is 4.14. The average molecular weight is 259 g/mol. The smallest absolute Gasteiger partial charge is 0.220 e. The summed E-state index contributed by atoms with van der Waals surface area (Å²) in [7, 11) is 0. The fourth-order valence-corrected chi connectivity index (χ4v) is 2.46. The number of carbonyl (C=O) groups excluding carboxylic acids is 1. The lowest BCUT2D eigenvalue weighted by Crippen LogP contribution is -2.29. The van der Waals surface area contributed by atoms with E-state index in [4.69, 9.17) is 0 Å². The number of amides is 1. The Morgan fingerprint density at radius 2 is 1.95 bits per heavy atom. The Kier molecular flexibility index (Phi) is 5.00. The van der Waals surface area contributed by atoms with Crippen LogP contribution in [0.25, 0.3) is 0 Å². The van der Waals surface area contributed by atoms with Crippen LogP contribution < -0.4 is 5.32 Å². The van der Waals surface area contributed by atoms with Crippen molar-refractivity contribution >= 4 is 5.91 Å². The maximum Gasteiger partial charge on any atom is 0.220 e. The van der Waals surface area contributed by atoms with Crippen LogP contribution in [-0.4, -0.2) is 5.91 Å². The van der Waals surface area contributed by atoms with E-state index in [1.807, 2.05) is 0 Å². The van der Waals surface area contributed by atoms with Crippen LogP contribution in [0.4, 0.5) is 0 Å². The molecule has 0 radical (unpaired) electrons. The van der Waals surface area contributed by atoms with E-state index < -0.39 is 0 Å². The minimum atomic E-state index is 0.214. The van der Waals surface area contributed by atoms with Crippen LogP contribution in [-0.2, 0) is 4.79 Å². The van der Waals surface area contributed by atoms with E-state index in [-0.39, 0.29) is 11.9 Å². The molecule has 0 aliphatic heterocycles. The quantitative estimate of drug-likeness (QED) is 0.732. The molecule has 1 aliphatic rings. The molecule has 0 aromatic heterocycles. The first kappa shape index (κ1) is 14.1. The van der Waals surface area contributed by atoms with Crippen molar-refractivity contribution in [1.29, 1.82) is 0 Å². The molecule has 1 aromatic rings. The number of rotatable bonds is 7. The van der Waals surface area contributed by atoms with Crippen molar-refractivity contribution in [3.8, 4) is 0 Å². The van der Waals surface area contributed by atoms with E-state index in [0.717, 1.165) is 19.3 Å². The lowest BCUT2D eigenvalue weighted by molar-refractivity contribution is -0.122. The summed E-state index contributed by atoms with van der Waals surface area (Å²) in [6.07, 6.45) is 6.47. The Balaban J connectivity index is 1.93. The molecule has 1 amide bonds. The molecule has 1 N–H and O–H groups in total. The number of benzene rings is 1. The number of carbonyl (C=O) groups is 1. The van der Waals surface area contributed by atoms with Gasteiger partial charge in [0.1, 0.15) is 0 Å². The molecule has 1 atom stereocenters. The Morgan fingerprint density at radius 3 is 2.53 bits per heavy atom. The molecule has 0 saturated heterocycles. The van der Waals surface area contributed by atoms with Gasteiger partial charge >= 0.3 is 0 Å². The summed E-state index contributed by atoms with van der Waals surface area (Å²) in [4.78, 5) is 12.0.